The highest BCUT2D eigenvalue weighted by molar-refractivity contribution is 6.33. The lowest BCUT2D eigenvalue weighted by atomic mass is 9.97. The van der Waals surface area contributed by atoms with Gasteiger partial charge in [-0.2, -0.15) is 0 Å². The number of hydrogen-bond acceptors (Lipinski definition) is 2. The summed E-state index contributed by atoms with van der Waals surface area (Å²) in [5.41, 5.74) is 0.642. The predicted octanol–water partition coefficient (Wildman–Crippen LogP) is 2.27. The van der Waals surface area contributed by atoms with E-state index in [9.17, 15) is 4.79 Å². The van der Waals surface area contributed by atoms with Crippen LogP contribution >= 0.6 is 11.6 Å². The highest BCUT2D eigenvalue weighted by Crippen LogP contribution is 2.19. The zero-order chi connectivity index (χ0) is 9.97. The zero-order valence-corrected chi connectivity index (χ0v) is 8.55. The fraction of sp³-hybridized carbons (Fsp3) is 0.364. The van der Waals surface area contributed by atoms with Crippen LogP contribution in [0.5, 0.6) is 0 Å². The summed E-state index contributed by atoms with van der Waals surface area (Å²) in [6.07, 6.45) is 1.65. The van der Waals surface area contributed by atoms with E-state index in [1.807, 2.05) is 12.1 Å². The molecule has 1 aliphatic heterocycles. The molecule has 1 fully saturated rings. The van der Waals surface area contributed by atoms with Crippen molar-refractivity contribution in [1.82, 2.24) is 5.32 Å². The van der Waals surface area contributed by atoms with Crippen LogP contribution in [0.4, 0.5) is 0 Å². The molecule has 2 nitrogen and oxygen atoms in total. The Hall–Kier alpha value is -0.860. The van der Waals surface area contributed by atoms with Gasteiger partial charge in [0.15, 0.2) is 5.78 Å². The fourth-order valence-electron chi connectivity index (χ4n) is 1.54. The van der Waals surface area contributed by atoms with E-state index in [4.69, 9.17) is 11.6 Å². The summed E-state index contributed by atoms with van der Waals surface area (Å²) >= 11 is 5.92. The third-order valence-electron chi connectivity index (χ3n) is 2.53. The van der Waals surface area contributed by atoms with Crippen molar-refractivity contribution in [2.45, 2.75) is 18.9 Å². The van der Waals surface area contributed by atoms with Gasteiger partial charge >= 0.3 is 0 Å². The van der Waals surface area contributed by atoms with Crippen LogP contribution in [0.1, 0.15) is 23.2 Å². The first kappa shape index (κ1) is 9.69. The quantitative estimate of drug-likeness (QED) is 0.774. The van der Waals surface area contributed by atoms with E-state index in [-0.39, 0.29) is 5.78 Å². The van der Waals surface area contributed by atoms with Crippen molar-refractivity contribution < 1.29 is 4.79 Å². The summed E-state index contributed by atoms with van der Waals surface area (Å²) in [6.45, 7) is 1.03. The Morgan fingerprint density at radius 3 is 2.79 bits per heavy atom. The molecule has 0 aliphatic carbocycles. The summed E-state index contributed by atoms with van der Waals surface area (Å²) in [6, 6.07) is 7.57. The monoisotopic (exact) mass is 209 g/mol. The van der Waals surface area contributed by atoms with Gasteiger partial charge in [0.05, 0.1) is 5.02 Å². The second kappa shape index (κ2) is 4.11. The van der Waals surface area contributed by atoms with Crippen molar-refractivity contribution in [2.24, 2.45) is 0 Å². The molecular weight excluding hydrogens is 198 g/mol. The summed E-state index contributed by atoms with van der Waals surface area (Å²) in [5.74, 6) is 0.132. The molecule has 0 aromatic heterocycles. The summed E-state index contributed by atoms with van der Waals surface area (Å²) in [5, 5.41) is 3.75. The van der Waals surface area contributed by atoms with Gasteiger partial charge in [-0.15, -0.1) is 0 Å². The number of rotatable bonds is 3. The Labute approximate surface area is 88.3 Å². The van der Waals surface area contributed by atoms with Crippen LogP contribution in [0.25, 0.3) is 0 Å². The lowest BCUT2D eigenvalue weighted by molar-refractivity contribution is 0.0956. The maximum absolute atomic E-state index is 11.7. The van der Waals surface area contributed by atoms with Gasteiger partial charge in [-0.05, 0) is 25.1 Å². The van der Waals surface area contributed by atoms with E-state index in [2.05, 4.69) is 5.32 Å². The standard InChI is InChI=1S/C11H12ClNO/c12-10-4-2-1-3-9(10)11(14)7-8-5-6-13-8/h1-4,8,13H,5-7H2. The lowest BCUT2D eigenvalue weighted by Gasteiger charge is -2.26. The first-order chi connectivity index (χ1) is 6.77. The number of halogens is 1. The van der Waals surface area contributed by atoms with Crippen LogP contribution in [-0.4, -0.2) is 18.4 Å². The molecule has 1 heterocycles. The summed E-state index contributed by atoms with van der Waals surface area (Å²) in [7, 11) is 0. The molecule has 2 rings (SSSR count). The molecule has 1 unspecified atom stereocenters. The predicted molar refractivity (Wildman–Crippen MR) is 56.8 cm³/mol. The first-order valence-electron chi connectivity index (χ1n) is 4.78. The minimum atomic E-state index is 0.132. The second-order valence-corrected chi connectivity index (χ2v) is 3.95. The van der Waals surface area contributed by atoms with E-state index >= 15 is 0 Å². The Kier molecular flexibility index (Phi) is 2.85. The molecule has 1 aliphatic rings. The van der Waals surface area contributed by atoms with Crippen molar-refractivity contribution in [1.29, 1.82) is 0 Å². The summed E-state index contributed by atoms with van der Waals surface area (Å²) in [4.78, 5) is 11.7. The lowest BCUT2D eigenvalue weighted by Crippen LogP contribution is -2.44. The normalized spacial score (nSPS) is 20.2. The molecule has 1 aromatic carbocycles. The summed E-state index contributed by atoms with van der Waals surface area (Å²) < 4.78 is 0. The van der Waals surface area contributed by atoms with Gasteiger partial charge in [-0.25, -0.2) is 0 Å². The van der Waals surface area contributed by atoms with E-state index < -0.39 is 0 Å². The Balaban J connectivity index is 2.06. The Morgan fingerprint density at radius 2 is 2.21 bits per heavy atom. The smallest absolute Gasteiger partial charge is 0.165 e. The van der Waals surface area contributed by atoms with Crippen LogP contribution < -0.4 is 5.32 Å². The van der Waals surface area contributed by atoms with Crippen LogP contribution in [0.2, 0.25) is 5.02 Å². The molecule has 1 saturated heterocycles. The Bertz CT molecular complexity index is 347. The van der Waals surface area contributed by atoms with E-state index in [0.29, 0.717) is 23.0 Å². The number of carbonyl (C=O) groups is 1. The molecule has 14 heavy (non-hydrogen) atoms. The molecule has 0 radical (unpaired) electrons. The number of carbonyl (C=O) groups excluding carboxylic acids is 1. The maximum atomic E-state index is 11.7. The molecule has 74 valence electrons. The van der Waals surface area contributed by atoms with Gasteiger partial charge in [-0.3, -0.25) is 4.79 Å². The van der Waals surface area contributed by atoms with Crippen LogP contribution in [0, 0.1) is 0 Å². The van der Waals surface area contributed by atoms with Crippen LogP contribution in [-0.2, 0) is 0 Å². The highest BCUT2D eigenvalue weighted by atomic mass is 35.5. The SMILES string of the molecule is O=C(CC1CCN1)c1ccccc1Cl. The number of ketones is 1. The van der Waals surface area contributed by atoms with Gasteiger partial charge in [0, 0.05) is 18.0 Å². The molecule has 0 amide bonds. The van der Waals surface area contributed by atoms with Gasteiger partial charge in [0.1, 0.15) is 0 Å². The number of nitrogens with one attached hydrogen (secondary N) is 1. The van der Waals surface area contributed by atoms with E-state index in [0.717, 1.165) is 13.0 Å². The third-order valence-corrected chi connectivity index (χ3v) is 2.86. The topological polar surface area (TPSA) is 29.1 Å². The van der Waals surface area contributed by atoms with E-state index in [1.54, 1.807) is 12.1 Å². The van der Waals surface area contributed by atoms with Gasteiger partial charge < -0.3 is 5.32 Å². The van der Waals surface area contributed by atoms with Gasteiger partial charge in [0.2, 0.25) is 0 Å². The zero-order valence-electron chi connectivity index (χ0n) is 7.79. The second-order valence-electron chi connectivity index (χ2n) is 3.55. The molecular formula is C11H12ClNO. The molecule has 0 saturated carbocycles. The first-order valence-corrected chi connectivity index (χ1v) is 5.16. The third kappa shape index (κ3) is 1.97. The number of Topliss-reactive ketones (excluding diaryl/α,β-unsaturated/α-hetero) is 1. The molecule has 0 bridgehead atoms. The maximum Gasteiger partial charge on any atom is 0.165 e. The molecule has 3 heteroatoms. The van der Waals surface area contributed by atoms with Crippen molar-refractivity contribution in [3.05, 3.63) is 34.9 Å². The van der Waals surface area contributed by atoms with Gasteiger partial charge in [-0.1, -0.05) is 23.7 Å². The largest absolute Gasteiger partial charge is 0.313 e. The van der Waals surface area contributed by atoms with Crippen molar-refractivity contribution in [3.8, 4) is 0 Å². The van der Waals surface area contributed by atoms with E-state index in [1.165, 1.54) is 0 Å². The number of benzene rings is 1. The van der Waals surface area contributed by atoms with Crippen molar-refractivity contribution in [3.63, 3.8) is 0 Å². The molecule has 1 atom stereocenters. The van der Waals surface area contributed by atoms with Crippen LogP contribution in [0.3, 0.4) is 0 Å². The minimum absolute atomic E-state index is 0.132. The van der Waals surface area contributed by atoms with Crippen LogP contribution in [0.15, 0.2) is 24.3 Å². The molecule has 1 aromatic rings. The highest BCUT2D eigenvalue weighted by Gasteiger charge is 2.21. The molecule has 1 N–H and O–H groups in total. The average molecular weight is 210 g/mol. The Morgan fingerprint density at radius 1 is 1.50 bits per heavy atom. The average Bonchev–Trinajstić information content (AvgIpc) is 2.12. The van der Waals surface area contributed by atoms with Gasteiger partial charge in [0.25, 0.3) is 0 Å². The number of hydrogen-bond donors (Lipinski definition) is 1. The minimum Gasteiger partial charge on any atom is -0.313 e. The van der Waals surface area contributed by atoms with Crippen molar-refractivity contribution in [2.75, 3.05) is 6.54 Å². The molecule has 0 spiro atoms. The fourth-order valence-corrected chi connectivity index (χ4v) is 1.78. The van der Waals surface area contributed by atoms with Crippen molar-refractivity contribution >= 4 is 17.4 Å².